The molecule has 0 aliphatic heterocycles. The molecule has 0 fully saturated rings. The number of rotatable bonds is 5. The number of nitrogens with zero attached hydrogens (tertiary/aromatic N) is 1. The van der Waals surface area contributed by atoms with Gasteiger partial charge in [-0.25, -0.2) is 0 Å². The Morgan fingerprint density at radius 3 is 2.50 bits per heavy atom. The summed E-state index contributed by atoms with van der Waals surface area (Å²) in [5.41, 5.74) is 3.08. The zero-order chi connectivity index (χ0) is 12.8. The highest BCUT2D eigenvalue weighted by molar-refractivity contribution is 6.30. The maximum absolute atomic E-state index is 8.67. The zero-order valence-electron chi connectivity index (χ0n) is 9.94. The van der Waals surface area contributed by atoms with Crippen molar-refractivity contribution in [3.05, 3.63) is 53.2 Å². The van der Waals surface area contributed by atoms with Gasteiger partial charge >= 0.3 is 0 Å². The van der Waals surface area contributed by atoms with Crippen molar-refractivity contribution in [2.75, 3.05) is 13.2 Å². The van der Waals surface area contributed by atoms with Crippen molar-refractivity contribution in [3.63, 3.8) is 0 Å². The highest BCUT2D eigenvalue weighted by Gasteiger charge is 1.99. The summed E-state index contributed by atoms with van der Waals surface area (Å²) in [6.45, 7) is 1.46. The lowest BCUT2D eigenvalue weighted by Crippen LogP contribution is -2.17. The number of pyridine rings is 1. The molecule has 0 saturated carbocycles. The molecule has 0 aliphatic rings. The molecule has 1 aromatic carbocycles. The topological polar surface area (TPSA) is 45.1 Å². The predicted molar refractivity (Wildman–Crippen MR) is 73.5 cm³/mol. The molecule has 0 radical (unpaired) electrons. The number of aromatic nitrogens is 1. The Morgan fingerprint density at radius 1 is 1.11 bits per heavy atom. The van der Waals surface area contributed by atoms with Crippen molar-refractivity contribution in [3.8, 4) is 11.3 Å². The summed E-state index contributed by atoms with van der Waals surface area (Å²) in [5, 5.41) is 12.5. The first-order valence-electron chi connectivity index (χ1n) is 5.82. The number of halogens is 1. The van der Waals surface area contributed by atoms with Crippen LogP contribution < -0.4 is 5.32 Å². The van der Waals surface area contributed by atoms with Crippen LogP contribution in [0.3, 0.4) is 0 Å². The summed E-state index contributed by atoms with van der Waals surface area (Å²) >= 11 is 5.85. The van der Waals surface area contributed by atoms with E-state index < -0.39 is 0 Å². The molecule has 1 aromatic heterocycles. The van der Waals surface area contributed by atoms with Crippen LogP contribution in [0.4, 0.5) is 0 Å². The smallest absolute Gasteiger partial charge is 0.0702 e. The van der Waals surface area contributed by atoms with Crippen LogP contribution in [0.15, 0.2) is 42.6 Å². The lowest BCUT2D eigenvalue weighted by Gasteiger charge is -2.05. The predicted octanol–water partition coefficient (Wildman–Crippen LogP) is 2.48. The number of hydrogen-bond donors (Lipinski definition) is 2. The molecular weight excluding hydrogens is 248 g/mol. The normalized spacial score (nSPS) is 10.6. The Morgan fingerprint density at radius 2 is 1.89 bits per heavy atom. The number of aliphatic hydroxyl groups excluding tert-OH is 1. The standard InChI is InChI=1S/C14H15ClN2O/c15-13-4-2-12(3-5-13)14-6-1-11(10-17-14)9-16-7-8-18/h1-6,10,16,18H,7-9H2. The largest absolute Gasteiger partial charge is 0.395 e. The number of nitrogens with one attached hydrogen (secondary N) is 1. The second kappa shape index (κ2) is 6.50. The SMILES string of the molecule is OCCNCc1ccc(-c2ccc(Cl)cc2)nc1. The first-order valence-corrected chi connectivity index (χ1v) is 6.20. The molecule has 0 unspecified atom stereocenters. The lowest BCUT2D eigenvalue weighted by atomic mass is 10.1. The molecule has 3 nitrogen and oxygen atoms in total. The fraction of sp³-hybridized carbons (Fsp3) is 0.214. The van der Waals surface area contributed by atoms with E-state index in [0.29, 0.717) is 13.1 Å². The molecule has 0 spiro atoms. The van der Waals surface area contributed by atoms with Gasteiger partial charge in [0.2, 0.25) is 0 Å². The summed E-state index contributed by atoms with van der Waals surface area (Å²) < 4.78 is 0. The van der Waals surface area contributed by atoms with Crippen molar-refractivity contribution >= 4 is 11.6 Å². The Balaban J connectivity index is 2.05. The van der Waals surface area contributed by atoms with E-state index in [1.165, 1.54) is 0 Å². The van der Waals surface area contributed by atoms with Crippen LogP contribution in [-0.4, -0.2) is 23.2 Å². The van der Waals surface area contributed by atoms with Gasteiger partial charge in [-0.15, -0.1) is 0 Å². The van der Waals surface area contributed by atoms with Gasteiger partial charge < -0.3 is 10.4 Å². The highest BCUT2D eigenvalue weighted by atomic mass is 35.5. The Bertz CT molecular complexity index is 482. The molecule has 2 aromatic rings. The van der Waals surface area contributed by atoms with Crippen molar-refractivity contribution in [1.29, 1.82) is 0 Å². The average Bonchev–Trinajstić information content (AvgIpc) is 2.41. The average molecular weight is 263 g/mol. The van der Waals surface area contributed by atoms with E-state index in [-0.39, 0.29) is 6.61 Å². The van der Waals surface area contributed by atoms with Gasteiger partial charge in [0.15, 0.2) is 0 Å². The minimum Gasteiger partial charge on any atom is -0.395 e. The molecule has 4 heteroatoms. The summed E-state index contributed by atoms with van der Waals surface area (Å²) in [5.74, 6) is 0. The molecule has 0 aliphatic carbocycles. The van der Waals surface area contributed by atoms with Gasteiger partial charge in [-0.05, 0) is 23.8 Å². The van der Waals surface area contributed by atoms with Gasteiger partial charge in [0, 0.05) is 29.9 Å². The maximum atomic E-state index is 8.67. The third-order valence-electron chi connectivity index (χ3n) is 2.58. The molecule has 0 bridgehead atoms. The minimum atomic E-state index is 0.149. The third kappa shape index (κ3) is 3.53. The molecular formula is C14H15ClN2O. The van der Waals surface area contributed by atoms with Gasteiger partial charge in [-0.2, -0.15) is 0 Å². The second-order valence-electron chi connectivity index (χ2n) is 3.96. The van der Waals surface area contributed by atoms with Crippen molar-refractivity contribution in [1.82, 2.24) is 10.3 Å². The van der Waals surface area contributed by atoms with E-state index in [1.807, 2.05) is 42.6 Å². The molecule has 0 atom stereocenters. The van der Waals surface area contributed by atoms with E-state index in [2.05, 4.69) is 10.3 Å². The van der Waals surface area contributed by atoms with E-state index in [1.54, 1.807) is 0 Å². The summed E-state index contributed by atoms with van der Waals surface area (Å²) in [6.07, 6.45) is 1.84. The number of aliphatic hydroxyl groups is 1. The van der Waals surface area contributed by atoms with Crippen LogP contribution in [0.2, 0.25) is 5.02 Å². The van der Waals surface area contributed by atoms with Gasteiger partial charge in [-0.3, -0.25) is 4.98 Å². The number of benzene rings is 1. The summed E-state index contributed by atoms with van der Waals surface area (Å²) in [6, 6.07) is 11.6. The fourth-order valence-electron chi connectivity index (χ4n) is 1.63. The molecule has 0 saturated heterocycles. The van der Waals surface area contributed by atoms with Crippen molar-refractivity contribution in [2.24, 2.45) is 0 Å². The van der Waals surface area contributed by atoms with Crippen LogP contribution in [0.25, 0.3) is 11.3 Å². The first-order chi connectivity index (χ1) is 8.79. The van der Waals surface area contributed by atoms with Gasteiger partial charge in [0.05, 0.1) is 12.3 Å². The fourth-order valence-corrected chi connectivity index (χ4v) is 1.76. The number of hydrogen-bond acceptors (Lipinski definition) is 3. The van der Waals surface area contributed by atoms with Gasteiger partial charge in [0.25, 0.3) is 0 Å². The quantitative estimate of drug-likeness (QED) is 0.814. The van der Waals surface area contributed by atoms with Crippen LogP contribution in [0.1, 0.15) is 5.56 Å². The van der Waals surface area contributed by atoms with Crippen LogP contribution >= 0.6 is 11.6 Å². The van der Waals surface area contributed by atoms with Crippen molar-refractivity contribution < 1.29 is 5.11 Å². The van der Waals surface area contributed by atoms with Gasteiger partial charge in [0.1, 0.15) is 0 Å². The van der Waals surface area contributed by atoms with Crippen molar-refractivity contribution in [2.45, 2.75) is 6.54 Å². The van der Waals surface area contributed by atoms with E-state index in [0.717, 1.165) is 21.8 Å². The first kappa shape index (κ1) is 13.0. The minimum absolute atomic E-state index is 0.149. The molecule has 18 heavy (non-hydrogen) atoms. The van der Waals surface area contributed by atoms with E-state index in [4.69, 9.17) is 16.7 Å². The van der Waals surface area contributed by atoms with Gasteiger partial charge in [-0.1, -0.05) is 29.8 Å². The van der Waals surface area contributed by atoms with E-state index >= 15 is 0 Å². The zero-order valence-corrected chi connectivity index (χ0v) is 10.7. The molecule has 94 valence electrons. The molecule has 2 N–H and O–H groups in total. The molecule has 0 amide bonds. The summed E-state index contributed by atoms with van der Waals surface area (Å²) in [7, 11) is 0. The Labute approximate surface area is 111 Å². The molecule has 2 rings (SSSR count). The monoisotopic (exact) mass is 262 g/mol. The second-order valence-corrected chi connectivity index (χ2v) is 4.40. The Hall–Kier alpha value is -1.42. The Kier molecular flexibility index (Phi) is 4.70. The van der Waals surface area contributed by atoms with Crippen LogP contribution in [-0.2, 0) is 6.54 Å². The third-order valence-corrected chi connectivity index (χ3v) is 2.83. The van der Waals surface area contributed by atoms with Crippen LogP contribution in [0, 0.1) is 0 Å². The van der Waals surface area contributed by atoms with E-state index in [9.17, 15) is 0 Å². The maximum Gasteiger partial charge on any atom is 0.0702 e. The lowest BCUT2D eigenvalue weighted by molar-refractivity contribution is 0.292. The molecule has 1 heterocycles. The summed E-state index contributed by atoms with van der Waals surface area (Å²) in [4.78, 5) is 4.41. The van der Waals surface area contributed by atoms with Crippen LogP contribution in [0.5, 0.6) is 0 Å². The highest BCUT2D eigenvalue weighted by Crippen LogP contribution is 2.19.